The highest BCUT2D eigenvalue weighted by molar-refractivity contribution is 7.09. The molecule has 0 spiro atoms. The van der Waals surface area contributed by atoms with Crippen LogP contribution in [0.1, 0.15) is 31.1 Å². The van der Waals surface area contributed by atoms with Crippen LogP contribution in [0.4, 0.5) is 4.79 Å². The zero-order valence-electron chi connectivity index (χ0n) is 12.9. The van der Waals surface area contributed by atoms with Gasteiger partial charge >= 0.3 is 6.03 Å². The fourth-order valence-corrected chi connectivity index (χ4v) is 3.44. The summed E-state index contributed by atoms with van der Waals surface area (Å²) < 4.78 is 0. The molecule has 4 nitrogen and oxygen atoms in total. The minimum Gasteiger partial charge on any atom is -0.338 e. The van der Waals surface area contributed by atoms with Crippen LogP contribution in [0.25, 0.3) is 0 Å². The SMILES string of the molecule is C[C@@H](CNC(=O)NCCc1cccs1)CN1CCCCC1. The molecule has 1 aliphatic rings. The smallest absolute Gasteiger partial charge is 0.314 e. The average molecular weight is 309 g/mol. The number of rotatable bonds is 7. The molecule has 5 heteroatoms. The van der Waals surface area contributed by atoms with E-state index in [0.29, 0.717) is 12.5 Å². The largest absolute Gasteiger partial charge is 0.338 e. The number of amides is 2. The monoisotopic (exact) mass is 309 g/mol. The maximum absolute atomic E-state index is 11.7. The number of thiophene rings is 1. The van der Waals surface area contributed by atoms with Crippen LogP contribution in [0.3, 0.4) is 0 Å². The van der Waals surface area contributed by atoms with E-state index in [9.17, 15) is 4.79 Å². The van der Waals surface area contributed by atoms with Crippen LogP contribution in [0.15, 0.2) is 17.5 Å². The van der Waals surface area contributed by atoms with Crippen molar-refractivity contribution in [3.8, 4) is 0 Å². The first-order valence-electron chi connectivity index (χ1n) is 8.00. The van der Waals surface area contributed by atoms with Gasteiger partial charge in [-0.2, -0.15) is 0 Å². The van der Waals surface area contributed by atoms with Gasteiger partial charge < -0.3 is 15.5 Å². The Morgan fingerprint density at radius 2 is 2.14 bits per heavy atom. The topological polar surface area (TPSA) is 44.4 Å². The first-order valence-corrected chi connectivity index (χ1v) is 8.88. The molecule has 0 radical (unpaired) electrons. The molecule has 0 bridgehead atoms. The summed E-state index contributed by atoms with van der Waals surface area (Å²) in [5, 5.41) is 7.97. The van der Waals surface area contributed by atoms with Crippen LogP contribution in [0, 0.1) is 5.92 Å². The molecule has 2 rings (SSSR count). The lowest BCUT2D eigenvalue weighted by Gasteiger charge is -2.29. The molecular formula is C16H27N3OS. The molecule has 0 unspecified atom stereocenters. The maximum Gasteiger partial charge on any atom is 0.314 e. The third-order valence-electron chi connectivity index (χ3n) is 3.87. The second-order valence-corrected chi connectivity index (χ2v) is 6.96. The summed E-state index contributed by atoms with van der Waals surface area (Å²) in [4.78, 5) is 15.6. The van der Waals surface area contributed by atoms with Crippen molar-refractivity contribution in [1.29, 1.82) is 0 Å². The van der Waals surface area contributed by atoms with Gasteiger partial charge in [-0.3, -0.25) is 0 Å². The van der Waals surface area contributed by atoms with E-state index in [-0.39, 0.29) is 6.03 Å². The number of hydrogen-bond acceptors (Lipinski definition) is 3. The molecule has 1 saturated heterocycles. The number of piperidine rings is 1. The van der Waals surface area contributed by atoms with Gasteiger partial charge in [0.2, 0.25) is 0 Å². The van der Waals surface area contributed by atoms with Crippen molar-refractivity contribution in [2.45, 2.75) is 32.6 Å². The van der Waals surface area contributed by atoms with Crippen molar-refractivity contribution in [1.82, 2.24) is 15.5 Å². The molecule has 1 aliphatic heterocycles. The Hall–Kier alpha value is -1.07. The normalized spacial score (nSPS) is 17.4. The lowest BCUT2D eigenvalue weighted by atomic mass is 10.1. The van der Waals surface area contributed by atoms with Gasteiger partial charge in [0.05, 0.1) is 0 Å². The molecule has 0 aliphatic carbocycles. The minimum atomic E-state index is -0.0444. The zero-order chi connectivity index (χ0) is 14.9. The summed E-state index contributed by atoms with van der Waals surface area (Å²) in [6, 6.07) is 4.10. The lowest BCUT2D eigenvalue weighted by Crippen LogP contribution is -2.41. The summed E-state index contributed by atoms with van der Waals surface area (Å²) in [5.41, 5.74) is 0. The highest BCUT2D eigenvalue weighted by Gasteiger charge is 2.13. The standard InChI is InChI=1S/C16H27N3OS/c1-14(13-19-9-3-2-4-10-19)12-18-16(20)17-8-7-15-6-5-11-21-15/h5-6,11,14H,2-4,7-10,12-13H2,1H3,(H2,17,18,20)/t14-/m0/s1. The Labute approximate surface area is 131 Å². The van der Waals surface area contributed by atoms with E-state index < -0.39 is 0 Å². The van der Waals surface area contributed by atoms with Crippen LogP contribution in [0.5, 0.6) is 0 Å². The Morgan fingerprint density at radius 1 is 1.33 bits per heavy atom. The summed E-state index contributed by atoms with van der Waals surface area (Å²) in [6.45, 7) is 7.19. The zero-order valence-corrected chi connectivity index (χ0v) is 13.8. The highest BCUT2D eigenvalue weighted by atomic mass is 32.1. The highest BCUT2D eigenvalue weighted by Crippen LogP contribution is 2.10. The van der Waals surface area contributed by atoms with Crippen molar-refractivity contribution < 1.29 is 4.79 Å². The molecule has 1 aromatic heterocycles. The molecule has 2 heterocycles. The van der Waals surface area contributed by atoms with Crippen LogP contribution in [-0.4, -0.2) is 43.7 Å². The number of likely N-dealkylation sites (tertiary alicyclic amines) is 1. The van der Waals surface area contributed by atoms with Gasteiger partial charge in [0.1, 0.15) is 0 Å². The fraction of sp³-hybridized carbons (Fsp3) is 0.688. The average Bonchev–Trinajstić information content (AvgIpc) is 2.99. The molecule has 2 N–H and O–H groups in total. The predicted molar refractivity (Wildman–Crippen MR) is 88.9 cm³/mol. The molecule has 2 amide bonds. The van der Waals surface area contributed by atoms with E-state index in [0.717, 1.165) is 19.5 Å². The molecule has 1 fully saturated rings. The van der Waals surface area contributed by atoms with E-state index in [1.54, 1.807) is 11.3 Å². The van der Waals surface area contributed by atoms with Gasteiger partial charge in [0, 0.05) is 24.5 Å². The maximum atomic E-state index is 11.7. The van der Waals surface area contributed by atoms with Gasteiger partial charge in [-0.15, -0.1) is 11.3 Å². The number of urea groups is 1. The molecular weight excluding hydrogens is 282 g/mol. The number of nitrogens with zero attached hydrogens (tertiary/aromatic N) is 1. The van der Waals surface area contributed by atoms with E-state index in [4.69, 9.17) is 0 Å². The van der Waals surface area contributed by atoms with Gasteiger partial charge in [-0.1, -0.05) is 19.4 Å². The Bertz CT molecular complexity index is 402. The molecule has 0 saturated carbocycles. The summed E-state index contributed by atoms with van der Waals surface area (Å²) in [5.74, 6) is 0.506. The second-order valence-electron chi connectivity index (χ2n) is 5.93. The minimum absolute atomic E-state index is 0.0444. The summed E-state index contributed by atoms with van der Waals surface area (Å²) in [7, 11) is 0. The quantitative estimate of drug-likeness (QED) is 0.813. The Morgan fingerprint density at radius 3 is 2.86 bits per heavy atom. The van der Waals surface area contributed by atoms with Crippen LogP contribution >= 0.6 is 11.3 Å². The fourth-order valence-electron chi connectivity index (χ4n) is 2.73. The van der Waals surface area contributed by atoms with Crippen LogP contribution < -0.4 is 10.6 Å². The third-order valence-corrected chi connectivity index (χ3v) is 4.80. The van der Waals surface area contributed by atoms with Crippen molar-refractivity contribution in [3.63, 3.8) is 0 Å². The van der Waals surface area contributed by atoms with Crippen molar-refractivity contribution >= 4 is 17.4 Å². The Kier molecular flexibility index (Phi) is 7.03. The molecule has 118 valence electrons. The molecule has 1 atom stereocenters. The van der Waals surface area contributed by atoms with Crippen LogP contribution in [0.2, 0.25) is 0 Å². The summed E-state index contributed by atoms with van der Waals surface area (Å²) >= 11 is 1.74. The van der Waals surface area contributed by atoms with Gasteiger partial charge in [-0.25, -0.2) is 4.79 Å². The van der Waals surface area contributed by atoms with E-state index in [2.05, 4.69) is 33.9 Å². The lowest BCUT2D eigenvalue weighted by molar-refractivity contribution is 0.197. The second kappa shape index (κ2) is 9.05. The number of nitrogens with one attached hydrogen (secondary N) is 2. The van der Waals surface area contributed by atoms with E-state index in [1.807, 2.05) is 6.07 Å². The summed E-state index contributed by atoms with van der Waals surface area (Å²) in [6.07, 6.45) is 4.93. The predicted octanol–water partition coefficient (Wildman–Crippen LogP) is 2.71. The number of carbonyl (C=O) groups is 1. The first-order chi connectivity index (χ1) is 10.2. The Balaban J connectivity index is 1.53. The third kappa shape index (κ3) is 6.48. The van der Waals surface area contributed by atoms with E-state index >= 15 is 0 Å². The van der Waals surface area contributed by atoms with Gasteiger partial charge in [0.15, 0.2) is 0 Å². The van der Waals surface area contributed by atoms with Crippen molar-refractivity contribution in [2.75, 3.05) is 32.7 Å². The molecule has 0 aromatic carbocycles. The van der Waals surface area contributed by atoms with Crippen molar-refractivity contribution in [3.05, 3.63) is 22.4 Å². The molecule has 1 aromatic rings. The first kappa shape index (κ1) is 16.3. The van der Waals surface area contributed by atoms with Crippen LogP contribution in [-0.2, 0) is 6.42 Å². The molecule has 21 heavy (non-hydrogen) atoms. The number of carbonyl (C=O) groups excluding carboxylic acids is 1. The van der Waals surface area contributed by atoms with Gasteiger partial charge in [-0.05, 0) is 49.7 Å². The van der Waals surface area contributed by atoms with E-state index in [1.165, 1.54) is 37.2 Å². The van der Waals surface area contributed by atoms with Crippen molar-refractivity contribution in [2.24, 2.45) is 5.92 Å². The number of hydrogen-bond donors (Lipinski definition) is 2. The van der Waals surface area contributed by atoms with Gasteiger partial charge in [0.25, 0.3) is 0 Å².